The molecule has 140 valence electrons. The molecule has 0 fully saturated rings. The molecule has 3 rings (SSSR count). The molecule has 0 atom stereocenters. The number of aromatic nitrogens is 1. The number of benzene rings is 1. The molecule has 1 aliphatic heterocycles. The van der Waals surface area contributed by atoms with Crippen LogP contribution in [0.15, 0.2) is 34.9 Å². The lowest BCUT2D eigenvalue weighted by molar-refractivity contribution is -0.124. The fourth-order valence-corrected chi connectivity index (χ4v) is 2.72. The topological polar surface area (TPSA) is 122 Å². The molecule has 0 spiro atoms. The first-order chi connectivity index (χ1) is 13.0. The monoisotopic (exact) mass is 370 g/mol. The lowest BCUT2D eigenvalue weighted by atomic mass is 10.1. The number of nitrogens with one attached hydrogen (secondary N) is 2. The first-order valence-corrected chi connectivity index (χ1v) is 8.41. The van der Waals surface area contributed by atoms with Crippen molar-refractivity contribution in [3.63, 3.8) is 0 Å². The zero-order valence-electron chi connectivity index (χ0n) is 14.7. The number of amides is 4. The predicted octanol–water partition coefficient (Wildman–Crippen LogP) is 1.11. The van der Waals surface area contributed by atoms with Crippen LogP contribution in [-0.2, 0) is 9.59 Å². The molecule has 2 N–H and O–H groups in total. The van der Waals surface area contributed by atoms with Gasteiger partial charge in [-0.2, -0.15) is 0 Å². The molecular formula is C18H18N4O5. The highest BCUT2D eigenvalue weighted by Gasteiger charge is 2.34. The lowest BCUT2D eigenvalue weighted by Gasteiger charge is -2.13. The number of aryl methyl sites for hydroxylation is 1. The number of hydrogen-bond donors (Lipinski definition) is 2. The third-order valence-corrected chi connectivity index (χ3v) is 4.01. The maximum Gasteiger partial charge on any atom is 0.261 e. The predicted molar refractivity (Wildman–Crippen MR) is 93.9 cm³/mol. The summed E-state index contributed by atoms with van der Waals surface area (Å²) in [5.41, 5.74) is 0.762. The van der Waals surface area contributed by atoms with Gasteiger partial charge in [-0.05, 0) is 25.5 Å². The third kappa shape index (κ3) is 4.20. The van der Waals surface area contributed by atoms with Gasteiger partial charge in [-0.15, -0.1) is 0 Å². The Balaban J connectivity index is 1.39. The van der Waals surface area contributed by atoms with Crippen LogP contribution in [0.2, 0.25) is 0 Å². The van der Waals surface area contributed by atoms with Gasteiger partial charge in [-0.3, -0.25) is 24.1 Å². The Kier molecular flexibility index (Phi) is 5.30. The SMILES string of the molecule is Cc1cc(NC(=O)CNC(=O)CCCN2C(=O)c3ccccc3C2=O)no1. The van der Waals surface area contributed by atoms with E-state index in [1.165, 1.54) is 0 Å². The molecule has 9 nitrogen and oxygen atoms in total. The van der Waals surface area contributed by atoms with Crippen molar-refractivity contribution in [2.24, 2.45) is 0 Å². The number of anilines is 1. The molecule has 0 saturated carbocycles. The van der Waals surface area contributed by atoms with Gasteiger partial charge in [0.1, 0.15) is 5.76 Å². The van der Waals surface area contributed by atoms with E-state index in [0.29, 0.717) is 23.3 Å². The van der Waals surface area contributed by atoms with Crippen LogP contribution in [0.25, 0.3) is 0 Å². The molecule has 0 aliphatic carbocycles. The second-order valence-electron chi connectivity index (χ2n) is 6.06. The van der Waals surface area contributed by atoms with Crippen molar-refractivity contribution in [2.45, 2.75) is 19.8 Å². The second kappa shape index (κ2) is 7.81. The van der Waals surface area contributed by atoms with Crippen molar-refractivity contribution in [2.75, 3.05) is 18.4 Å². The number of carbonyl (C=O) groups excluding carboxylic acids is 4. The van der Waals surface area contributed by atoms with Gasteiger partial charge in [0.15, 0.2) is 5.82 Å². The fraction of sp³-hybridized carbons (Fsp3) is 0.278. The van der Waals surface area contributed by atoms with Gasteiger partial charge in [0, 0.05) is 19.0 Å². The van der Waals surface area contributed by atoms with Crippen LogP contribution in [-0.4, -0.2) is 46.8 Å². The number of carbonyl (C=O) groups is 4. The van der Waals surface area contributed by atoms with E-state index in [1.807, 2.05) is 0 Å². The van der Waals surface area contributed by atoms with Gasteiger partial charge in [0.2, 0.25) is 11.8 Å². The van der Waals surface area contributed by atoms with E-state index in [0.717, 1.165) is 4.90 Å². The maximum absolute atomic E-state index is 12.2. The number of nitrogens with zero attached hydrogens (tertiary/aromatic N) is 2. The quantitative estimate of drug-likeness (QED) is 0.704. The normalized spacial score (nSPS) is 12.9. The molecule has 2 heterocycles. The Morgan fingerprint density at radius 2 is 1.78 bits per heavy atom. The molecule has 0 radical (unpaired) electrons. The summed E-state index contributed by atoms with van der Waals surface area (Å²) in [5, 5.41) is 8.58. The van der Waals surface area contributed by atoms with Gasteiger partial charge >= 0.3 is 0 Å². The number of fused-ring (bicyclic) bond motifs is 1. The van der Waals surface area contributed by atoms with Crippen LogP contribution in [0.4, 0.5) is 5.82 Å². The highest BCUT2D eigenvalue weighted by atomic mass is 16.5. The van der Waals surface area contributed by atoms with Crippen LogP contribution >= 0.6 is 0 Å². The average Bonchev–Trinajstić information content (AvgIpc) is 3.16. The minimum absolute atomic E-state index is 0.0871. The molecule has 0 bridgehead atoms. The minimum atomic E-state index is -0.433. The molecule has 27 heavy (non-hydrogen) atoms. The van der Waals surface area contributed by atoms with Crippen molar-refractivity contribution in [3.8, 4) is 0 Å². The van der Waals surface area contributed by atoms with Crippen molar-refractivity contribution in [1.82, 2.24) is 15.4 Å². The molecule has 1 aromatic heterocycles. The van der Waals surface area contributed by atoms with E-state index >= 15 is 0 Å². The highest BCUT2D eigenvalue weighted by molar-refractivity contribution is 6.21. The van der Waals surface area contributed by atoms with Crippen LogP contribution in [0, 0.1) is 6.92 Å². The second-order valence-corrected chi connectivity index (χ2v) is 6.06. The maximum atomic E-state index is 12.2. The standard InChI is InChI=1S/C18H18N4O5/c1-11-9-14(21-27-11)20-16(24)10-19-15(23)7-4-8-22-17(25)12-5-2-3-6-13(12)18(22)26/h2-3,5-6,9H,4,7-8,10H2,1H3,(H,19,23)(H,20,21,24). The van der Waals surface area contributed by atoms with Crippen molar-refractivity contribution in [3.05, 3.63) is 47.2 Å². The van der Waals surface area contributed by atoms with E-state index in [-0.39, 0.29) is 43.0 Å². The Labute approximate surface area is 154 Å². The molecule has 1 aliphatic rings. The largest absolute Gasteiger partial charge is 0.360 e. The van der Waals surface area contributed by atoms with E-state index in [4.69, 9.17) is 4.52 Å². The van der Waals surface area contributed by atoms with Gasteiger partial charge in [-0.1, -0.05) is 17.3 Å². The van der Waals surface area contributed by atoms with E-state index in [9.17, 15) is 19.2 Å². The fourth-order valence-electron chi connectivity index (χ4n) is 2.72. The molecule has 2 aromatic rings. The van der Waals surface area contributed by atoms with E-state index < -0.39 is 5.91 Å². The molecule has 9 heteroatoms. The number of imide groups is 1. The minimum Gasteiger partial charge on any atom is -0.360 e. The van der Waals surface area contributed by atoms with Gasteiger partial charge in [0.05, 0.1) is 17.7 Å². The summed E-state index contributed by atoms with van der Waals surface area (Å²) in [6.07, 6.45) is 0.394. The van der Waals surface area contributed by atoms with E-state index in [2.05, 4.69) is 15.8 Å². The molecule has 4 amide bonds. The Morgan fingerprint density at radius 3 is 2.37 bits per heavy atom. The Bertz CT molecular complexity index is 870. The summed E-state index contributed by atoms with van der Waals surface area (Å²) in [7, 11) is 0. The summed E-state index contributed by atoms with van der Waals surface area (Å²) < 4.78 is 4.82. The molecule has 1 aromatic carbocycles. The zero-order chi connectivity index (χ0) is 19.4. The Morgan fingerprint density at radius 1 is 1.11 bits per heavy atom. The van der Waals surface area contributed by atoms with Crippen molar-refractivity contribution < 1.29 is 23.7 Å². The molecule has 0 unspecified atom stereocenters. The van der Waals surface area contributed by atoms with E-state index in [1.54, 1.807) is 37.3 Å². The smallest absolute Gasteiger partial charge is 0.261 e. The van der Waals surface area contributed by atoms with Gasteiger partial charge < -0.3 is 15.2 Å². The summed E-state index contributed by atoms with van der Waals surface area (Å²) in [6, 6.07) is 8.18. The van der Waals surface area contributed by atoms with Crippen LogP contribution in [0.3, 0.4) is 0 Å². The highest BCUT2D eigenvalue weighted by Crippen LogP contribution is 2.22. The zero-order valence-corrected chi connectivity index (χ0v) is 14.7. The lowest BCUT2D eigenvalue weighted by Crippen LogP contribution is -2.34. The summed E-state index contributed by atoms with van der Waals surface area (Å²) in [6.45, 7) is 1.63. The molecule has 0 saturated heterocycles. The summed E-state index contributed by atoms with van der Waals surface area (Å²) >= 11 is 0. The first kappa shape index (κ1) is 18.3. The van der Waals surface area contributed by atoms with Crippen molar-refractivity contribution in [1.29, 1.82) is 0 Å². The van der Waals surface area contributed by atoms with Crippen molar-refractivity contribution >= 4 is 29.4 Å². The summed E-state index contributed by atoms with van der Waals surface area (Å²) in [5.74, 6) is -0.647. The average molecular weight is 370 g/mol. The third-order valence-electron chi connectivity index (χ3n) is 4.01. The van der Waals surface area contributed by atoms with Gasteiger partial charge in [-0.25, -0.2) is 0 Å². The van der Waals surface area contributed by atoms with Gasteiger partial charge in [0.25, 0.3) is 11.8 Å². The first-order valence-electron chi connectivity index (χ1n) is 8.41. The Hall–Kier alpha value is -3.49. The number of rotatable bonds is 7. The van der Waals surface area contributed by atoms with Crippen LogP contribution in [0.5, 0.6) is 0 Å². The number of hydrogen-bond acceptors (Lipinski definition) is 6. The van der Waals surface area contributed by atoms with Crippen LogP contribution < -0.4 is 10.6 Å². The van der Waals surface area contributed by atoms with Crippen LogP contribution in [0.1, 0.15) is 39.3 Å². The summed E-state index contributed by atoms with van der Waals surface area (Å²) in [4.78, 5) is 49.1. The molecular weight excluding hydrogens is 352 g/mol.